The molecule has 0 saturated carbocycles. The number of allylic oxidation sites excluding steroid dienone is 10. The molecule has 0 radical (unpaired) electrons. The third kappa shape index (κ3) is 18.5. The van der Waals surface area contributed by atoms with Gasteiger partial charge in [-0.1, -0.05) is 58.2 Å². The zero-order chi connectivity index (χ0) is 24.6. The molecule has 0 saturated heterocycles. The highest BCUT2D eigenvalue weighted by molar-refractivity contribution is 6.23. The third-order valence-corrected chi connectivity index (χ3v) is 6.16. The Morgan fingerprint density at radius 3 is 1.34 bits per heavy atom. The van der Waals surface area contributed by atoms with Gasteiger partial charge in [0.2, 0.25) is 0 Å². The molecule has 1 N–H and O–H groups in total. The number of halogens is 1. The molecule has 1 atom stereocenters. The van der Waals surface area contributed by atoms with Crippen molar-refractivity contribution in [3.63, 3.8) is 0 Å². The second-order valence-corrected chi connectivity index (χ2v) is 11.3. The molecule has 0 bridgehead atoms. The predicted octanol–water partition coefficient (Wildman–Crippen LogP) is 10.0. The van der Waals surface area contributed by atoms with Crippen molar-refractivity contribution in [1.29, 1.82) is 0 Å². The minimum absolute atomic E-state index is 0.460. The molecule has 0 aromatic rings. The fourth-order valence-electron chi connectivity index (χ4n) is 3.46. The van der Waals surface area contributed by atoms with Gasteiger partial charge in [-0.25, -0.2) is 0 Å². The van der Waals surface area contributed by atoms with E-state index >= 15 is 0 Å². The van der Waals surface area contributed by atoms with Crippen LogP contribution in [-0.4, -0.2) is 16.1 Å². The van der Waals surface area contributed by atoms with Crippen molar-refractivity contribution in [2.45, 2.75) is 131 Å². The molecule has 32 heavy (non-hydrogen) atoms. The van der Waals surface area contributed by atoms with Crippen LogP contribution in [0.15, 0.2) is 58.2 Å². The fourth-order valence-corrected chi connectivity index (χ4v) is 3.57. The van der Waals surface area contributed by atoms with Gasteiger partial charge in [-0.05, 0) is 120 Å². The van der Waals surface area contributed by atoms with Gasteiger partial charge in [-0.15, -0.1) is 11.6 Å². The van der Waals surface area contributed by atoms with Crippen LogP contribution in [0.2, 0.25) is 0 Å². The maximum atomic E-state index is 10.0. The van der Waals surface area contributed by atoms with E-state index in [4.69, 9.17) is 11.6 Å². The molecular weight excluding hydrogens is 412 g/mol. The highest BCUT2D eigenvalue weighted by Gasteiger charge is 2.24. The first-order valence-corrected chi connectivity index (χ1v) is 12.9. The van der Waals surface area contributed by atoms with E-state index in [0.29, 0.717) is 0 Å². The summed E-state index contributed by atoms with van der Waals surface area (Å²) in [5, 5.41) is 10.0. The van der Waals surface area contributed by atoms with Gasteiger partial charge in [0.1, 0.15) is 0 Å². The molecule has 0 aliphatic heterocycles. The van der Waals surface area contributed by atoms with E-state index < -0.39 is 11.0 Å². The first-order valence-electron chi connectivity index (χ1n) is 12.5. The molecule has 0 heterocycles. The Labute approximate surface area is 205 Å². The van der Waals surface area contributed by atoms with Gasteiger partial charge < -0.3 is 5.11 Å². The SMILES string of the molecule is CC(C)=CCC/C(C)=C/CC/C(C)=C/CC/C=C(\C)CC/C=C(\C)CC[C@H](O)C(C)(C)Cl. The van der Waals surface area contributed by atoms with Gasteiger partial charge in [-0.2, -0.15) is 0 Å². The van der Waals surface area contributed by atoms with Crippen molar-refractivity contribution >= 4 is 11.6 Å². The standard InChI is InChI=1S/C30H51ClO/c1-24(2)14-11-17-27(5)20-12-18-25(3)15-9-10-16-26(4)19-13-21-28(6)22-23-29(32)30(7,8)31/h14-16,20-21,29,32H,9-13,17-19,22-23H2,1-8H3/b25-15+,26-16+,27-20+,28-21+/t29-/m0/s1. The van der Waals surface area contributed by atoms with E-state index in [1.807, 2.05) is 13.8 Å². The minimum atomic E-state index is -0.548. The third-order valence-electron chi connectivity index (χ3n) is 5.91. The lowest BCUT2D eigenvalue weighted by Crippen LogP contribution is -2.29. The van der Waals surface area contributed by atoms with Crippen molar-refractivity contribution in [2.24, 2.45) is 0 Å². The van der Waals surface area contributed by atoms with E-state index in [0.717, 1.165) is 51.4 Å². The van der Waals surface area contributed by atoms with Gasteiger partial charge in [0.05, 0.1) is 11.0 Å². The second-order valence-electron chi connectivity index (χ2n) is 10.3. The molecule has 0 amide bonds. The van der Waals surface area contributed by atoms with E-state index in [2.05, 4.69) is 71.9 Å². The number of unbranched alkanes of at least 4 members (excludes halogenated alkanes) is 1. The number of alkyl halides is 1. The van der Waals surface area contributed by atoms with E-state index in [9.17, 15) is 5.11 Å². The topological polar surface area (TPSA) is 20.2 Å². The van der Waals surface area contributed by atoms with Gasteiger partial charge >= 0.3 is 0 Å². The zero-order valence-corrected chi connectivity index (χ0v) is 23.1. The van der Waals surface area contributed by atoms with Gasteiger partial charge in [0.15, 0.2) is 0 Å². The van der Waals surface area contributed by atoms with Crippen LogP contribution < -0.4 is 0 Å². The molecule has 0 aliphatic rings. The van der Waals surface area contributed by atoms with Crippen LogP contribution in [0, 0.1) is 0 Å². The Hall–Kier alpha value is -1.05. The molecule has 0 aliphatic carbocycles. The molecule has 0 aromatic heterocycles. The number of aliphatic hydroxyl groups is 1. The molecule has 0 unspecified atom stereocenters. The molecule has 2 heteroatoms. The van der Waals surface area contributed by atoms with E-state index in [-0.39, 0.29) is 0 Å². The Morgan fingerprint density at radius 1 is 0.625 bits per heavy atom. The van der Waals surface area contributed by atoms with Crippen molar-refractivity contribution in [1.82, 2.24) is 0 Å². The minimum Gasteiger partial charge on any atom is -0.391 e. The van der Waals surface area contributed by atoms with Crippen molar-refractivity contribution in [2.75, 3.05) is 0 Å². The van der Waals surface area contributed by atoms with Crippen LogP contribution >= 0.6 is 11.6 Å². The zero-order valence-electron chi connectivity index (χ0n) is 22.4. The summed E-state index contributed by atoms with van der Waals surface area (Å²) < 4.78 is 0. The Bertz CT molecular complexity index is 663. The van der Waals surface area contributed by atoms with Gasteiger partial charge in [-0.3, -0.25) is 0 Å². The number of hydrogen-bond donors (Lipinski definition) is 1. The first-order chi connectivity index (χ1) is 14.9. The van der Waals surface area contributed by atoms with Crippen LogP contribution in [-0.2, 0) is 0 Å². The molecule has 0 aromatic carbocycles. The van der Waals surface area contributed by atoms with E-state index in [1.54, 1.807) is 0 Å². The van der Waals surface area contributed by atoms with Crippen molar-refractivity contribution in [3.05, 3.63) is 58.2 Å². The highest BCUT2D eigenvalue weighted by Crippen LogP contribution is 2.23. The Balaban J connectivity index is 4.11. The van der Waals surface area contributed by atoms with Crippen molar-refractivity contribution in [3.8, 4) is 0 Å². The smallest absolute Gasteiger partial charge is 0.0729 e. The maximum absolute atomic E-state index is 10.0. The van der Waals surface area contributed by atoms with Gasteiger partial charge in [0.25, 0.3) is 0 Å². The summed E-state index contributed by atoms with van der Waals surface area (Å²) in [6, 6.07) is 0. The Morgan fingerprint density at radius 2 is 0.969 bits per heavy atom. The molecular formula is C30H51ClO. The number of aliphatic hydroxyl groups excluding tert-OH is 1. The summed E-state index contributed by atoms with van der Waals surface area (Å²) in [4.78, 5) is -0.548. The lowest BCUT2D eigenvalue weighted by atomic mass is 9.98. The molecule has 0 fully saturated rings. The summed E-state index contributed by atoms with van der Waals surface area (Å²) >= 11 is 6.17. The van der Waals surface area contributed by atoms with E-state index in [1.165, 1.54) is 40.7 Å². The van der Waals surface area contributed by atoms with Crippen LogP contribution in [0.5, 0.6) is 0 Å². The van der Waals surface area contributed by atoms with Crippen LogP contribution in [0.1, 0.15) is 120 Å². The lowest BCUT2D eigenvalue weighted by molar-refractivity contribution is 0.130. The number of rotatable bonds is 16. The number of hydrogen-bond acceptors (Lipinski definition) is 1. The first kappa shape index (κ1) is 30.9. The largest absolute Gasteiger partial charge is 0.391 e. The predicted molar refractivity (Wildman–Crippen MR) is 147 cm³/mol. The Kier molecular flexibility index (Phi) is 16.9. The highest BCUT2D eigenvalue weighted by atomic mass is 35.5. The summed E-state index contributed by atoms with van der Waals surface area (Å²) in [6.45, 7) is 17.0. The lowest BCUT2D eigenvalue weighted by Gasteiger charge is -2.23. The normalized spacial score (nSPS) is 15.2. The molecule has 184 valence electrons. The average Bonchev–Trinajstić information content (AvgIpc) is 2.68. The monoisotopic (exact) mass is 462 g/mol. The summed E-state index contributed by atoms with van der Waals surface area (Å²) in [6.07, 6.45) is 22.1. The average molecular weight is 463 g/mol. The fraction of sp³-hybridized carbons (Fsp3) is 0.667. The van der Waals surface area contributed by atoms with Gasteiger partial charge in [0, 0.05) is 0 Å². The summed E-state index contributed by atoms with van der Waals surface area (Å²) in [5.74, 6) is 0. The van der Waals surface area contributed by atoms with Crippen LogP contribution in [0.4, 0.5) is 0 Å². The molecule has 0 spiro atoms. The van der Waals surface area contributed by atoms with Crippen LogP contribution in [0.3, 0.4) is 0 Å². The molecule has 0 rings (SSSR count). The maximum Gasteiger partial charge on any atom is 0.0729 e. The quantitative estimate of drug-likeness (QED) is 0.137. The van der Waals surface area contributed by atoms with Crippen molar-refractivity contribution < 1.29 is 5.11 Å². The van der Waals surface area contributed by atoms with Crippen LogP contribution in [0.25, 0.3) is 0 Å². The molecule has 1 nitrogen and oxygen atoms in total. The summed E-state index contributed by atoms with van der Waals surface area (Å²) in [7, 11) is 0. The summed E-state index contributed by atoms with van der Waals surface area (Å²) in [5.41, 5.74) is 7.24. The second kappa shape index (κ2) is 17.4.